The summed E-state index contributed by atoms with van der Waals surface area (Å²) in [5.41, 5.74) is -0.839. The molecule has 0 amide bonds. The maximum atomic E-state index is 9.83. The van der Waals surface area contributed by atoms with Crippen molar-refractivity contribution in [2.24, 2.45) is 0 Å². The van der Waals surface area contributed by atoms with Crippen LogP contribution in [0.3, 0.4) is 0 Å². The molecule has 3 nitrogen and oxygen atoms in total. The lowest BCUT2D eigenvalue weighted by atomic mass is 10.0. The first-order valence-electron chi connectivity index (χ1n) is 4.46. The third-order valence-electron chi connectivity index (χ3n) is 1.75. The zero-order valence-corrected chi connectivity index (χ0v) is 8.12. The Morgan fingerprint density at radius 1 is 1.62 bits per heavy atom. The number of aliphatic hydroxyl groups is 1. The van der Waals surface area contributed by atoms with Crippen LogP contribution in [-0.2, 0) is 11.2 Å². The van der Waals surface area contributed by atoms with Gasteiger partial charge in [-0.3, -0.25) is 0 Å². The van der Waals surface area contributed by atoms with Gasteiger partial charge in [0, 0.05) is 13.0 Å². The molecule has 0 aromatic carbocycles. The van der Waals surface area contributed by atoms with Gasteiger partial charge in [-0.15, -0.1) is 0 Å². The Bertz CT molecular complexity index is 226. The molecule has 3 heteroatoms. The fourth-order valence-electron chi connectivity index (χ4n) is 1.16. The quantitative estimate of drug-likeness (QED) is 0.756. The number of ether oxygens (including phenoxy) is 1. The summed E-state index contributed by atoms with van der Waals surface area (Å²) in [4.78, 5) is 0. The van der Waals surface area contributed by atoms with Crippen molar-refractivity contribution in [3.63, 3.8) is 0 Å². The Hall–Kier alpha value is -0.800. The number of rotatable bonds is 5. The van der Waals surface area contributed by atoms with Crippen LogP contribution in [0.2, 0.25) is 0 Å². The first kappa shape index (κ1) is 10.3. The van der Waals surface area contributed by atoms with Crippen molar-refractivity contribution in [2.45, 2.75) is 25.9 Å². The summed E-state index contributed by atoms with van der Waals surface area (Å²) in [5.74, 6) is 0.782. The van der Waals surface area contributed by atoms with Crippen molar-refractivity contribution in [1.29, 1.82) is 0 Å². The molecule has 74 valence electrons. The van der Waals surface area contributed by atoms with Gasteiger partial charge in [0.15, 0.2) is 0 Å². The predicted molar refractivity (Wildman–Crippen MR) is 49.5 cm³/mol. The van der Waals surface area contributed by atoms with Crippen LogP contribution in [0.25, 0.3) is 0 Å². The first-order valence-corrected chi connectivity index (χ1v) is 4.46. The van der Waals surface area contributed by atoms with Gasteiger partial charge >= 0.3 is 0 Å². The molecule has 0 saturated carbocycles. The highest BCUT2D eigenvalue weighted by Crippen LogP contribution is 2.13. The van der Waals surface area contributed by atoms with Gasteiger partial charge in [0.2, 0.25) is 0 Å². The minimum absolute atomic E-state index is 0.337. The van der Waals surface area contributed by atoms with Crippen LogP contribution in [0.4, 0.5) is 0 Å². The fourth-order valence-corrected chi connectivity index (χ4v) is 1.16. The summed E-state index contributed by atoms with van der Waals surface area (Å²) >= 11 is 0. The van der Waals surface area contributed by atoms with Gasteiger partial charge in [-0.2, -0.15) is 0 Å². The standard InChI is InChI=1S/C10H16O3/c1-3-12-8-10(2,11)7-9-5-4-6-13-9/h4-6,11H,3,7-8H2,1-2H3. The largest absolute Gasteiger partial charge is 0.469 e. The highest BCUT2D eigenvalue weighted by Gasteiger charge is 2.22. The lowest BCUT2D eigenvalue weighted by Gasteiger charge is -2.21. The highest BCUT2D eigenvalue weighted by atomic mass is 16.5. The third-order valence-corrected chi connectivity index (χ3v) is 1.75. The van der Waals surface area contributed by atoms with Gasteiger partial charge in [0.25, 0.3) is 0 Å². The molecular weight excluding hydrogens is 168 g/mol. The molecule has 0 aliphatic carbocycles. The molecule has 1 rings (SSSR count). The maximum absolute atomic E-state index is 9.83. The maximum Gasteiger partial charge on any atom is 0.106 e. The van der Waals surface area contributed by atoms with Gasteiger partial charge in [0.1, 0.15) is 5.76 Å². The van der Waals surface area contributed by atoms with Gasteiger partial charge in [-0.25, -0.2) is 0 Å². The first-order chi connectivity index (χ1) is 6.14. The molecule has 0 bridgehead atoms. The fraction of sp³-hybridized carbons (Fsp3) is 0.600. The Labute approximate surface area is 78.3 Å². The van der Waals surface area contributed by atoms with Crippen LogP contribution in [0, 0.1) is 0 Å². The molecule has 0 aliphatic rings. The summed E-state index contributed by atoms with van der Waals surface area (Å²) in [7, 11) is 0. The van der Waals surface area contributed by atoms with E-state index in [-0.39, 0.29) is 0 Å². The van der Waals surface area contributed by atoms with Crippen LogP contribution in [0.1, 0.15) is 19.6 Å². The van der Waals surface area contributed by atoms with Crippen molar-refractivity contribution >= 4 is 0 Å². The average molecular weight is 184 g/mol. The van der Waals surface area contributed by atoms with Gasteiger partial charge in [-0.05, 0) is 26.0 Å². The summed E-state index contributed by atoms with van der Waals surface area (Å²) in [5, 5.41) is 9.83. The van der Waals surface area contributed by atoms with E-state index in [1.165, 1.54) is 0 Å². The summed E-state index contributed by atoms with van der Waals surface area (Å²) in [6.07, 6.45) is 2.09. The van der Waals surface area contributed by atoms with Crippen molar-refractivity contribution in [3.8, 4) is 0 Å². The van der Waals surface area contributed by atoms with E-state index in [0.29, 0.717) is 19.6 Å². The van der Waals surface area contributed by atoms with Crippen molar-refractivity contribution in [3.05, 3.63) is 24.2 Å². The van der Waals surface area contributed by atoms with Gasteiger partial charge in [0.05, 0.1) is 18.5 Å². The Morgan fingerprint density at radius 2 is 2.38 bits per heavy atom. The molecule has 0 radical (unpaired) electrons. The minimum Gasteiger partial charge on any atom is -0.469 e. The third kappa shape index (κ3) is 3.61. The van der Waals surface area contributed by atoms with Crippen molar-refractivity contribution < 1.29 is 14.3 Å². The van der Waals surface area contributed by atoms with Crippen LogP contribution in [-0.4, -0.2) is 23.9 Å². The molecule has 0 aliphatic heterocycles. The van der Waals surface area contributed by atoms with E-state index < -0.39 is 5.60 Å². The molecule has 1 aromatic heterocycles. The Morgan fingerprint density at radius 3 is 2.92 bits per heavy atom. The minimum atomic E-state index is -0.839. The summed E-state index contributed by atoms with van der Waals surface area (Å²) in [6.45, 7) is 4.60. The second-order valence-electron chi connectivity index (χ2n) is 3.39. The lowest BCUT2D eigenvalue weighted by Crippen LogP contribution is -2.33. The van der Waals surface area contributed by atoms with E-state index in [0.717, 1.165) is 5.76 Å². The second kappa shape index (κ2) is 4.44. The normalized spacial score (nSPS) is 15.6. The predicted octanol–water partition coefficient (Wildman–Crippen LogP) is 1.61. The molecule has 1 heterocycles. The Balaban J connectivity index is 2.42. The van der Waals surface area contributed by atoms with E-state index in [1.807, 2.05) is 19.1 Å². The summed E-state index contributed by atoms with van der Waals surface area (Å²) < 4.78 is 10.3. The van der Waals surface area contributed by atoms with Crippen molar-refractivity contribution in [2.75, 3.05) is 13.2 Å². The van der Waals surface area contributed by atoms with E-state index in [4.69, 9.17) is 9.15 Å². The zero-order valence-electron chi connectivity index (χ0n) is 8.12. The van der Waals surface area contributed by atoms with Crippen molar-refractivity contribution in [1.82, 2.24) is 0 Å². The molecule has 0 spiro atoms. The van der Waals surface area contributed by atoms with E-state index >= 15 is 0 Å². The number of furan rings is 1. The number of hydrogen-bond donors (Lipinski definition) is 1. The highest BCUT2D eigenvalue weighted by molar-refractivity contribution is 5.02. The van der Waals surface area contributed by atoms with Gasteiger partial charge < -0.3 is 14.3 Å². The molecule has 1 aromatic rings. The second-order valence-corrected chi connectivity index (χ2v) is 3.39. The molecule has 0 saturated heterocycles. The van der Waals surface area contributed by atoms with E-state index in [9.17, 15) is 5.11 Å². The zero-order chi connectivity index (χ0) is 9.73. The molecule has 0 fully saturated rings. The lowest BCUT2D eigenvalue weighted by molar-refractivity contribution is -0.0324. The summed E-state index contributed by atoms with van der Waals surface area (Å²) in [6, 6.07) is 3.66. The van der Waals surface area contributed by atoms with E-state index in [2.05, 4.69) is 0 Å². The molecule has 1 N–H and O–H groups in total. The Kier molecular flexibility index (Phi) is 3.51. The van der Waals surface area contributed by atoms with Crippen LogP contribution >= 0.6 is 0 Å². The van der Waals surface area contributed by atoms with E-state index in [1.54, 1.807) is 13.2 Å². The van der Waals surface area contributed by atoms with Crippen LogP contribution in [0.5, 0.6) is 0 Å². The smallest absolute Gasteiger partial charge is 0.106 e. The van der Waals surface area contributed by atoms with Crippen LogP contribution < -0.4 is 0 Å². The molecule has 1 unspecified atom stereocenters. The van der Waals surface area contributed by atoms with Crippen LogP contribution in [0.15, 0.2) is 22.8 Å². The molecular formula is C10H16O3. The van der Waals surface area contributed by atoms with Gasteiger partial charge in [-0.1, -0.05) is 0 Å². The SMILES string of the molecule is CCOCC(C)(O)Cc1ccco1. The topological polar surface area (TPSA) is 42.6 Å². The molecule has 13 heavy (non-hydrogen) atoms. The molecule has 1 atom stereocenters. The average Bonchev–Trinajstić information content (AvgIpc) is 2.52. The number of hydrogen-bond acceptors (Lipinski definition) is 3. The monoisotopic (exact) mass is 184 g/mol.